The first kappa shape index (κ1) is 25.5. The highest BCUT2D eigenvalue weighted by Gasteiger charge is 2.26. The van der Waals surface area contributed by atoms with Gasteiger partial charge in [0.05, 0.1) is 12.6 Å². The second-order valence-corrected chi connectivity index (χ2v) is 9.89. The fourth-order valence-electron chi connectivity index (χ4n) is 4.99. The first-order valence-electron chi connectivity index (χ1n) is 13.3. The number of nitrogens with zero attached hydrogens (tertiary/aromatic N) is 5. The van der Waals surface area contributed by atoms with Crippen molar-refractivity contribution in [3.8, 4) is 0 Å². The second kappa shape index (κ2) is 11.5. The minimum Gasteiger partial charge on any atom is -0.322 e. The molecule has 194 valence electrons. The van der Waals surface area contributed by atoms with Gasteiger partial charge in [-0.05, 0) is 70.5 Å². The van der Waals surface area contributed by atoms with E-state index in [1.165, 1.54) is 16.7 Å². The number of rotatable bonds is 10. The number of tetrazole rings is 1. The van der Waals surface area contributed by atoms with E-state index in [4.69, 9.17) is 0 Å². The van der Waals surface area contributed by atoms with Crippen LogP contribution in [-0.4, -0.2) is 30.1 Å². The van der Waals surface area contributed by atoms with Crippen LogP contribution in [0.3, 0.4) is 0 Å². The van der Waals surface area contributed by atoms with Crippen molar-refractivity contribution in [3.63, 3.8) is 0 Å². The van der Waals surface area contributed by atoms with Crippen molar-refractivity contribution in [2.45, 2.75) is 59.3 Å². The Balaban J connectivity index is 1.52. The van der Waals surface area contributed by atoms with Crippen molar-refractivity contribution in [3.05, 3.63) is 123 Å². The van der Waals surface area contributed by atoms with Crippen molar-refractivity contribution in [1.29, 1.82) is 0 Å². The summed E-state index contributed by atoms with van der Waals surface area (Å²) in [4.78, 5) is 18.6. The Bertz CT molecular complexity index is 1560. The van der Waals surface area contributed by atoms with Gasteiger partial charge in [-0.1, -0.05) is 80.1 Å². The van der Waals surface area contributed by atoms with Gasteiger partial charge in [-0.25, -0.2) is 4.68 Å². The normalized spacial score (nSPS) is 12.3. The van der Waals surface area contributed by atoms with Crippen LogP contribution in [0.5, 0.6) is 0 Å². The molecule has 0 spiro atoms. The van der Waals surface area contributed by atoms with Crippen LogP contribution < -0.4 is 5.56 Å². The largest absolute Gasteiger partial charge is 0.322 e. The zero-order chi connectivity index (χ0) is 26.5. The summed E-state index contributed by atoms with van der Waals surface area (Å²) in [6.45, 7) is 8.12. The molecule has 0 aliphatic carbocycles. The number of aryl methyl sites for hydroxylation is 2. The van der Waals surface area contributed by atoms with E-state index >= 15 is 0 Å². The summed E-state index contributed by atoms with van der Waals surface area (Å²) in [5.74, 6) is 0.800. The lowest BCUT2D eigenvalue weighted by Gasteiger charge is -2.30. The SMILES string of the molecule is CCc1ccc2[nH]c(=O)c(CN(Cc3ccc(C)cc3)[C@H](CC)c3nnnn3Cc3ccccc3)cc2c1. The van der Waals surface area contributed by atoms with Gasteiger partial charge in [0.2, 0.25) is 0 Å². The maximum atomic E-state index is 13.2. The molecular formula is C31H34N6O. The topological polar surface area (TPSA) is 79.7 Å². The molecule has 0 radical (unpaired) electrons. The molecule has 0 saturated heterocycles. The minimum atomic E-state index is -0.0768. The van der Waals surface area contributed by atoms with Gasteiger partial charge in [0.1, 0.15) is 0 Å². The van der Waals surface area contributed by atoms with E-state index in [2.05, 4.69) is 94.7 Å². The van der Waals surface area contributed by atoms with E-state index in [1.807, 2.05) is 35.0 Å². The van der Waals surface area contributed by atoms with Gasteiger partial charge in [-0.15, -0.1) is 5.10 Å². The molecule has 2 aromatic heterocycles. The number of fused-ring (bicyclic) bond motifs is 1. The highest BCUT2D eigenvalue weighted by Crippen LogP contribution is 2.27. The summed E-state index contributed by atoms with van der Waals surface area (Å²) < 4.78 is 1.88. The van der Waals surface area contributed by atoms with E-state index in [1.54, 1.807) is 0 Å². The molecule has 0 saturated carbocycles. The highest BCUT2D eigenvalue weighted by molar-refractivity contribution is 5.79. The maximum Gasteiger partial charge on any atom is 0.252 e. The maximum absolute atomic E-state index is 13.2. The predicted molar refractivity (Wildman–Crippen MR) is 151 cm³/mol. The van der Waals surface area contributed by atoms with Crippen LogP contribution in [-0.2, 0) is 26.1 Å². The summed E-state index contributed by atoms with van der Waals surface area (Å²) in [7, 11) is 0. The molecular weight excluding hydrogens is 472 g/mol. The number of nitrogens with one attached hydrogen (secondary N) is 1. The first-order chi connectivity index (χ1) is 18.5. The summed E-state index contributed by atoms with van der Waals surface area (Å²) in [6, 6.07) is 27.0. The fraction of sp³-hybridized carbons (Fsp3) is 0.290. The van der Waals surface area contributed by atoms with Gasteiger partial charge in [0.25, 0.3) is 5.56 Å². The highest BCUT2D eigenvalue weighted by atomic mass is 16.1. The van der Waals surface area contributed by atoms with Crippen molar-refractivity contribution in [2.24, 2.45) is 0 Å². The summed E-state index contributed by atoms with van der Waals surface area (Å²) >= 11 is 0. The van der Waals surface area contributed by atoms with Crippen molar-refractivity contribution < 1.29 is 0 Å². The number of hydrogen-bond acceptors (Lipinski definition) is 5. The molecule has 0 aliphatic rings. The predicted octanol–water partition coefficient (Wildman–Crippen LogP) is 5.59. The Kier molecular flexibility index (Phi) is 7.75. The summed E-state index contributed by atoms with van der Waals surface area (Å²) in [6.07, 6.45) is 1.75. The Morgan fingerprint density at radius 3 is 2.39 bits per heavy atom. The number of benzene rings is 3. The van der Waals surface area contributed by atoms with Crippen LogP contribution in [0.1, 0.15) is 60.0 Å². The average Bonchev–Trinajstić information content (AvgIpc) is 3.38. The fourth-order valence-corrected chi connectivity index (χ4v) is 4.99. The Morgan fingerprint density at radius 1 is 0.895 bits per heavy atom. The van der Waals surface area contributed by atoms with Gasteiger partial charge >= 0.3 is 0 Å². The molecule has 38 heavy (non-hydrogen) atoms. The van der Waals surface area contributed by atoms with Crippen LogP contribution >= 0.6 is 0 Å². The van der Waals surface area contributed by atoms with Gasteiger partial charge in [0.15, 0.2) is 5.82 Å². The van der Waals surface area contributed by atoms with Gasteiger partial charge in [-0.2, -0.15) is 0 Å². The number of pyridine rings is 1. The lowest BCUT2D eigenvalue weighted by Crippen LogP contribution is -2.32. The molecule has 1 atom stereocenters. The molecule has 1 N–H and O–H groups in total. The number of aromatic amines is 1. The quantitative estimate of drug-likeness (QED) is 0.267. The van der Waals surface area contributed by atoms with Crippen LogP contribution in [0.15, 0.2) is 83.7 Å². The molecule has 7 nitrogen and oxygen atoms in total. The second-order valence-electron chi connectivity index (χ2n) is 9.89. The molecule has 5 aromatic rings. The molecule has 0 unspecified atom stereocenters. The van der Waals surface area contributed by atoms with Crippen molar-refractivity contribution >= 4 is 10.9 Å². The lowest BCUT2D eigenvalue weighted by molar-refractivity contribution is 0.161. The lowest BCUT2D eigenvalue weighted by atomic mass is 10.0. The van der Waals surface area contributed by atoms with Gasteiger partial charge in [-0.3, -0.25) is 9.69 Å². The van der Waals surface area contributed by atoms with Crippen LogP contribution in [0.2, 0.25) is 0 Å². The van der Waals surface area contributed by atoms with E-state index < -0.39 is 0 Å². The number of hydrogen-bond donors (Lipinski definition) is 1. The van der Waals surface area contributed by atoms with E-state index in [0.29, 0.717) is 19.6 Å². The minimum absolute atomic E-state index is 0.0608. The third-order valence-electron chi connectivity index (χ3n) is 7.13. The smallest absolute Gasteiger partial charge is 0.252 e. The molecule has 0 amide bonds. The van der Waals surface area contributed by atoms with E-state index in [0.717, 1.165) is 40.7 Å². The summed E-state index contributed by atoms with van der Waals surface area (Å²) in [5.41, 5.74) is 6.32. The Labute approximate surface area is 223 Å². The van der Waals surface area contributed by atoms with Crippen molar-refractivity contribution in [1.82, 2.24) is 30.1 Å². The molecule has 5 rings (SSSR count). The monoisotopic (exact) mass is 506 g/mol. The summed E-state index contributed by atoms with van der Waals surface area (Å²) in [5, 5.41) is 13.9. The third kappa shape index (κ3) is 5.73. The van der Waals surface area contributed by atoms with Crippen molar-refractivity contribution in [2.75, 3.05) is 0 Å². The van der Waals surface area contributed by atoms with E-state index in [9.17, 15) is 4.79 Å². The average molecular weight is 507 g/mol. The molecule has 0 bridgehead atoms. The zero-order valence-corrected chi connectivity index (χ0v) is 22.3. The van der Waals surface area contributed by atoms with Crippen LogP contribution in [0, 0.1) is 6.92 Å². The molecule has 0 aliphatic heterocycles. The number of aromatic nitrogens is 5. The van der Waals surface area contributed by atoms with E-state index in [-0.39, 0.29) is 11.6 Å². The Morgan fingerprint density at radius 2 is 1.66 bits per heavy atom. The third-order valence-corrected chi connectivity index (χ3v) is 7.13. The molecule has 7 heteroatoms. The standard InChI is InChI=1S/C31H34N6O/c1-4-23-15-16-28-26(17-23)18-27(31(38)32-28)21-36(19-25-13-11-22(3)12-14-25)29(5-2)30-33-34-35-37(30)20-24-9-7-6-8-10-24/h6-18,29H,4-5,19-21H2,1-3H3,(H,32,38)/t29-/m1/s1. The van der Waals surface area contributed by atoms with Crippen LogP contribution in [0.4, 0.5) is 0 Å². The van der Waals surface area contributed by atoms with Crippen LogP contribution in [0.25, 0.3) is 10.9 Å². The number of H-pyrrole nitrogens is 1. The molecule has 0 fully saturated rings. The van der Waals surface area contributed by atoms with Gasteiger partial charge in [0, 0.05) is 24.2 Å². The molecule has 3 aromatic carbocycles. The first-order valence-corrected chi connectivity index (χ1v) is 13.3. The zero-order valence-electron chi connectivity index (χ0n) is 22.3. The molecule has 2 heterocycles. The van der Waals surface area contributed by atoms with Gasteiger partial charge < -0.3 is 4.98 Å². The Hall–Kier alpha value is -4.10.